The minimum Gasteiger partial charge on any atom is -0.504 e. The van der Waals surface area contributed by atoms with E-state index in [9.17, 15) is 14.8 Å². The van der Waals surface area contributed by atoms with E-state index in [1.807, 2.05) is 0 Å². The number of hydrogen-bond donors (Lipinski definition) is 2. The molecule has 0 bridgehead atoms. The molecule has 0 saturated carbocycles. The van der Waals surface area contributed by atoms with Crippen molar-refractivity contribution < 1.29 is 5.11 Å². The van der Waals surface area contributed by atoms with Gasteiger partial charge in [-0.05, 0) is 11.2 Å². The summed E-state index contributed by atoms with van der Waals surface area (Å²) in [5.74, 6) is -0.541. The Labute approximate surface area is 87.5 Å². The predicted molar refractivity (Wildman–Crippen MR) is 54.5 cm³/mol. The number of nitrogens with zero attached hydrogens (tertiary/aromatic N) is 2. The Morgan fingerprint density at radius 2 is 2.27 bits per heavy atom. The van der Waals surface area contributed by atoms with E-state index >= 15 is 0 Å². The minimum atomic E-state index is -0.779. The standard InChI is InChI=1S/C8H4ClN3O3/c9-3-1-4-5(10-2-3)7(13)6(12-15)8(14)11-4/h1-2H,(H2,11,13,14). The third-order valence-corrected chi connectivity index (χ3v) is 2.06. The van der Waals surface area contributed by atoms with Gasteiger partial charge in [-0.15, -0.1) is 4.91 Å². The Balaban J connectivity index is 2.97. The van der Waals surface area contributed by atoms with Crippen molar-refractivity contribution in [1.82, 2.24) is 9.97 Å². The van der Waals surface area contributed by atoms with Gasteiger partial charge >= 0.3 is 0 Å². The summed E-state index contributed by atoms with van der Waals surface area (Å²) in [7, 11) is 0. The third-order valence-electron chi connectivity index (χ3n) is 1.86. The fourth-order valence-electron chi connectivity index (χ4n) is 1.21. The second-order valence-corrected chi connectivity index (χ2v) is 3.23. The summed E-state index contributed by atoms with van der Waals surface area (Å²) in [6.45, 7) is 0. The molecule has 0 amide bonds. The minimum absolute atomic E-state index is 0.0774. The summed E-state index contributed by atoms with van der Waals surface area (Å²) >= 11 is 5.65. The first-order chi connectivity index (χ1) is 7.13. The van der Waals surface area contributed by atoms with Gasteiger partial charge in [-0.25, -0.2) is 4.98 Å². The number of aromatic amines is 1. The number of nitroso groups, excluding NO2 is 1. The SMILES string of the molecule is O=Nc1c(O)c2ncc(Cl)cc2[nH]c1=O. The molecule has 2 rings (SSSR count). The first-order valence-corrected chi connectivity index (χ1v) is 4.25. The molecule has 0 unspecified atom stereocenters. The highest BCUT2D eigenvalue weighted by Crippen LogP contribution is 2.29. The Bertz CT molecular complexity index is 608. The van der Waals surface area contributed by atoms with Gasteiger partial charge in [-0.3, -0.25) is 4.79 Å². The third kappa shape index (κ3) is 1.44. The van der Waals surface area contributed by atoms with Crippen LogP contribution in [-0.4, -0.2) is 15.1 Å². The van der Waals surface area contributed by atoms with E-state index in [0.717, 1.165) is 0 Å². The molecule has 0 saturated heterocycles. The monoisotopic (exact) mass is 225 g/mol. The van der Waals surface area contributed by atoms with Crippen LogP contribution in [0.25, 0.3) is 11.0 Å². The number of halogens is 1. The van der Waals surface area contributed by atoms with Crippen LogP contribution in [0.5, 0.6) is 5.75 Å². The zero-order chi connectivity index (χ0) is 11.0. The summed E-state index contributed by atoms with van der Waals surface area (Å²) in [6.07, 6.45) is 1.29. The summed E-state index contributed by atoms with van der Waals surface area (Å²) in [5.41, 5.74) is -1.04. The van der Waals surface area contributed by atoms with Gasteiger partial charge in [0.05, 0.1) is 10.5 Å². The molecule has 2 aromatic rings. The number of hydrogen-bond acceptors (Lipinski definition) is 5. The number of H-pyrrole nitrogens is 1. The topological polar surface area (TPSA) is 95.4 Å². The van der Waals surface area contributed by atoms with Gasteiger partial charge in [-0.1, -0.05) is 11.6 Å². The second kappa shape index (κ2) is 3.32. The lowest BCUT2D eigenvalue weighted by Crippen LogP contribution is -2.05. The summed E-state index contributed by atoms with van der Waals surface area (Å²) < 4.78 is 0. The van der Waals surface area contributed by atoms with Crippen molar-refractivity contribution in [1.29, 1.82) is 0 Å². The van der Waals surface area contributed by atoms with E-state index in [1.165, 1.54) is 12.3 Å². The van der Waals surface area contributed by atoms with E-state index < -0.39 is 17.0 Å². The van der Waals surface area contributed by atoms with Gasteiger partial charge in [0.1, 0.15) is 5.52 Å². The zero-order valence-corrected chi connectivity index (χ0v) is 7.95. The van der Waals surface area contributed by atoms with Crippen molar-refractivity contribution in [2.24, 2.45) is 5.18 Å². The lowest BCUT2D eigenvalue weighted by molar-refractivity contribution is 0.480. The molecule has 6 nitrogen and oxygen atoms in total. The van der Waals surface area contributed by atoms with E-state index in [-0.39, 0.29) is 11.0 Å². The Hall–Kier alpha value is -1.95. The molecule has 0 atom stereocenters. The quantitative estimate of drug-likeness (QED) is 0.722. The average molecular weight is 226 g/mol. The van der Waals surface area contributed by atoms with Crippen molar-refractivity contribution in [2.75, 3.05) is 0 Å². The van der Waals surface area contributed by atoms with Crippen molar-refractivity contribution >= 4 is 28.3 Å². The molecule has 76 valence electrons. The molecule has 2 heterocycles. The molecular weight excluding hydrogens is 222 g/mol. The summed E-state index contributed by atoms with van der Waals surface area (Å²) in [4.78, 5) is 27.6. The first-order valence-electron chi connectivity index (χ1n) is 3.87. The number of rotatable bonds is 1. The lowest BCUT2D eigenvalue weighted by Gasteiger charge is -2.01. The van der Waals surface area contributed by atoms with Gasteiger partial charge in [0.15, 0.2) is 5.75 Å². The molecule has 0 spiro atoms. The van der Waals surface area contributed by atoms with Crippen LogP contribution in [0.15, 0.2) is 22.2 Å². The molecule has 0 aromatic carbocycles. The van der Waals surface area contributed by atoms with E-state index in [2.05, 4.69) is 15.1 Å². The van der Waals surface area contributed by atoms with E-state index in [1.54, 1.807) is 0 Å². The van der Waals surface area contributed by atoms with Crippen LogP contribution >= 0.6 is 11.6 Å². The molecular formula is C8H4ClN3O3. The van der Waals surface area contributed by atoms with Crippen molar-refractivity contribution in [3.05, 3.63) is 32.5 Å². The molecule has 0 aliphatic heterocycles. The first kappa shape index (κ1) is 9.60. The maximum atomic E-state index is 11.2. The molecule has 15 heavy (non-hydrogen) atoms. The van der Waals surface area contributed by atoms with Crippen LogP contribution in [0.1, 0.15) is 0 Å². The number of pyridine rings is 2. The van der Waals surface area contributed by atoms with Crippen molar-refractivity contribution in [3.8, 4) is 5.75 Å². The number of aromatic nitrogens is 2. The normalized spacial score (nSPS) is 10.5. The van der Waals surface area contributed by atoms with Gasteiger partial charge in [-0.2, -0.15) is 0 Å². The van der Waals surface area contributed by atoms with Crippen LogP contribution < -0.4 is 5.56 Å². The van der Waals surface area contributed by atoms with Crippen LogP contribution in [0.4, 0.5) is 5.69 Å². The molecule has 2 N–H and O–H groups in total. The summed E-state index contributed by atoms with van der Waals surface area (Å²) in [6, 6.07) is 1.42. The number of fused-ring (bicyclic) bond motifs is 1. The smallest absolute Gasteiger partial charge is 0.281 e. The number of aromatic hydroxyl groups is 1. The predicted octanol–water partition coefficient (Wildman–Crippen LogP) is 1.68. The average Bonchev–Trinajstić information content (AvgIpc) is 2.17. The van der Waals surface area contributed by atoms with Gasteiger partial charge < -0.3 is 10.1 Å². The van der Waals surface area contributed by atoms with E-state index in [0.29, 0.717) is 5.02 Å². The highest BCUT2D eigenvalue weighted by atomic mass is 35.5. The molecule has 7 heteroatoms. The van der Waals surface area contributed by atoms with Gasteiger partial charge in [0, 0.05) is 6.20 Å². The number of nitrogens with one attached hydrogen (secondary N) is 1. The van der Waals surface area contributed by atoms with Crippen LogP contribution in [0, 0.1) is 4.91 Å². The van der Waals surface area contributed by atoms with E-state index in [4.69, 9.17) is 11.6 Å². The van der Waals surface area contributed by atoms with Crippen LogP contribution in [0.2, 0.25) is 5.02 Å². The van der Waals surface area contributed by atoms with Crippen molar-refractivity contribution in [3.63, 3.8) is 0 Å². The highest BCUT2D eigenvalue weighted by Gasteiger charge is 2.13. The highest BCUT2D eigenvalue weighted by molar-refractivity contribution is 6.31. The molecule has 0 aliphatic carbocycles. The zero-order valence-electron chi connectivity index (χ0n) is 7.19. The van der Waals surface area contributed by atoms with Crippen LogP contribution in [-0.2, 0) is 0 Å². The Morgan fingerprint density at radius 1 is 1.53 bits per heavy atom. The fraction of sp³-hybridized carbons (Fsp3) is 0. The Morgan fingerprint density at radius 3 is 2.93 bits per heavy atom. The molecule has 0 fully saturated rings. The largest absolute Gasteiger partial charge is 0.504 e. The second-order valence-electron chi connectivity index (χ2n) is 2.79. The molecule has 0 radical (unpaired) electrons. The molecule has 2 aromatic heterocycles. The van der Waals surface area contributed by atoms with Crippen molar-refractivity contribution in [2.45, 2.75) is 0 Å². The molecule has 0 aliphatic rings. The fourth-order valence-corrected chi connectivity index (χ4v) is 1.37. The Kier molecular flexibility index (Phi) is 2.12. The summed E-state index contributed by atoms with van der Waals surface area (Å²) in [5, 5.41) is 12.2. The maximum absolute atomic E-state index is 11.2. The van der Waals surface area contributed by atoms with Crippen LogP contribution in [0.3, 0.4) is 0 Å². The van der Waals surface area contributed by atoms with Gasteiger partial charge in [0.2, 0.25) is 5.69 Å². The maximum Gasteiger partial charge on any atom is 0.281 e. The lowest BCUT2D eigenvalue weighted by atomic mass is 10.3. The van der Waals surface area contributed by atoms with Gasteiger partial charge in [0.25, 0.3) is 5.56 Å².